The molecule has 0 radical (unpaired) electrons. The molecule has 82 valence electrons. The van der Waals surface area contributed by atoms with Gasteiger partial charge in [-0.3, -0.25) is 19.3 Å². The second kappa shape index (κ2) is 9.44. The van der Waals surface area contributed by atoms with Crippen LogP contribution in [0.5, 0.6) is 0 Å². The number of primary amides is 1. The number of carbonyl (C=O) groups excluding carboxylic acids is 3. The van der Waals surface area contributed by atoms with Crippen LogP contribution in [-0.4, -0.2) is 29.7 Å². The summed E-state index contributed by atoms with van der Waals surface area (Å²) >= 11 is 0. The highest BCUT2D eigenvalue weighted by Gasteiger charge is 2.20. The Bertz CT molecular complexity index is 211. The molecule has 0 fully saturated rings. The van der Waals surface area contributed by atoms with Crippen molar-refractivity contribution in [2.75, 3.05) is 6.54 Å². The largest absolute Gasteiger partial charge is 0.372 e. The molecular formula is C9H18N2O3. The normalized spacial score (nSPS) is 12.6. The van der Waals surface area contributed by atoms with Crippen molar-refractivity contribution in [3.05, 3.63) is 12.2 Å². The van der Waals surface area contributed by atoms with E-state index in [1.165, 1.54) is 17.1 Å². The van der Waals surface area contributed by atoms with Crippen molar-refractivity contribution >= 4 is 18.2 Å². The van der Waals surface area contributed by atoms with Gasteiger partial charge in [-0.25, -0.2) is 0 Å². The average molecular weight is 202 g/mol. The lowest BCUT2D eigenvalue weighted by molar-refractivity contribution is -0.136. The van der Waals surface area contributed by atoms with Crippen molar-refractivity contribution in [3.63, 3.8) is 0 Å². The van der Waals surface area contributed by atoms with Crippen LogP contribution in [0.4, 0.5) is 0 Å². The molecule has 5 heteroatoms. The zero-order chi connectivity index (χ0) is 11.6. The highest BCUT2D eigenvalue weighted by Crippen LogP contribution is 2.00. The molecule has 0 aromatic rings. The molecule has 0 aliphatic carbocycles. The lowest BCUT2D eigenvalue weighted by atomic mass is 10.5. The zero-order valence-corrected chi connectivity index (χ0v) is 8.69. The maximum absolute atomic E-state index is 10.6. The lowest BCUT2D eigenvalue weighted by Crippen LogP contribution is -2.29. The van der Waals surface area contributed by atoms with Crippen molar-refractivity contribution in [2.24, 2.45) is 5.73 Å². The minimum atomic E-state index is -0.206. The smallest absolute Gasteiger partial charge is 0.253 e. The van der Waals surface area contributed by atoms with Gasteiger partial charge in [-0.2, -0.15) is 0 Å². The van der Waals surface area contributed by atoms with Gasteiger partial charge in [-0.05, 0) is 6.92 Å². The summed E-state index contributed by atoms with van der Waals surface area (Å²) < 4.78 is 0. The first-order valence-electron chi connectivity index (χ1n) is 4.36. The number of carbonyl (C=O) groups is 3. The van der Waals surface area contributed by atoms with Crippen molar-refractivity contribution in [2.45, 2.75) is 20.8 Å². The molecule has 3 amide bonds. The van der Waals surface area contributed by atoms with Gasteiger partial charge in [0.15, 0.2) is 0 Å². The predicted octanol–water partition coefficient (Wildman–Crippen LogP) is 0.305. The van der Waals surface area contributed by atoms with Gasteiger partial charge >= 0.3 is 0 Å². The molecule has 0 aromatic carbocycles. The summed E-state index contributed by atoms with van der Waals surface area (Å²) in [6, 6.07) is 0. The standard InChI is InChI=1S/C6H7NO2.C2H6.CH3NO.H2/c1-2-7-5(8)3-4-6(7)9;1-2;2-1-3;/h3-4H,2H2,1H3;1-2H3;1H,(H2,2,3);1H. The number of likely N-dealkylation sites (N-methyl/N-ethyl adjacent to an activating group) is 1. The fourth-order valence-corrected chi connectivity index (χ4v) is 0.743. The van der Waals surface area contributed by atoms with Crippen LogP contribution in [0.1, 0.15) is 22.2 Å². The van der Waals surface area contributed by atoms with E-state index >= 15 is 0 Å². The molecule has 1 aliphatic rings. The summed E-state index contributed by atoms with van der Waals surface area (Å²) in [5, 5.41) is 0. The van der Waals surface area contributed by atoms with Crippen LogP contribution in [0.2, 0.25) is 0 Å². The summed E-state index contributed by atoms with van der Waals surface area (Å²) in [6.45, 7) is 6.23. The van der Waals surface area contributed by atoms with Crippen LogP contribution in [-0.2, 0) is 14.4 Å². The Morgan fingerprint density at radius 1 is 1.36 bits per heavy atom. The Kier molecular flexibility index (Phi) is 10.0. The Balaban J connectivity index is -0.000000209. The quantitative estimate of drug-likeness (QED) is 0.490. The molecule has 0 spiro atoms. The molecule has 0 unspecified atom stereocenters. The number of rotatable bonds is 1. The molecule has 0 atom stereocenters. The third kappa shape index (κ3) is 5.08. The van der Waals surface area contributed by atoms with Gasteiger partial charge < -0.3 is 5.73 Å². The van der Waals surface area contributed by atoms with E-state index in [1.54, 1.807) is 6.92 Å². The van der Waals surface area contributed by atoms with Crippen molar-refractivity contribution in [3.8, 4) is 0 Å². The summed E-state index contributed by atoms with van der Waals surface area (Å²) in [7, 11) is 0. The summed E-state index contributed by atoms with van der Waals surface area (Å²) in [5.74, 6) is -0.412. The zero-order valence-electron chi connectivity index (χ0n) is 8.69. The first-order valence-corrected chi connectivity index (χ1v) is 4.36. The van der Waals surface area contributed by atoms with E-state index in [1.807, 2.05) is 13.8 Å². The second-order valence-electron chi connectivity index (χ2n) is 1.89. The molecule has 0 bridgehead atoms. The van der Waals surface area contributed by atoms with Gasteiger partial charge in [0.05, 0.1) is 0 Å². The second-order valence-corrected chi connectivity index (χ2v) is 1.89. The number of amides is 3. The molecular weight excluding hydrogens is 184 g/mol. The van der Waals surface area contributed by atoms with Crippen molar-refractivity contribution < 1.29 is 15.8 Å². The lowest BCUT2D eigenvalue weighted by Gasteiger charge is -2.08. The van der Waals surface area contributed by atoms with Crippen LogP contribution in [0.3, 0.4) is 0 Å². The van der Waals surface area contributed by atoms with Crippen LogP contribution in [0, 0.1) is 0 Å². The van der Waals surface area contributed by atoms with Gasteiger partial charge in [0.2, 0.25) is 6.41 Å². The van der Waals surface area contributed by atoms with Gasteiger partial charge in [0.1, 0.15) is 0 Å². The maximum Gasteiger partial charge on any atom is 0.253 e. The molecule has 1 heterocycles. The van der Waals surface area contributed by atoms with Gasteiger partial charge in [-0.15, -0.1) is 0 Å². The van der Waals surface area contributed by atoms with Crippen molar-refractivity contribution in [1.29, 1.82) is 0 Å². The Morgan fingerprint density at radius 3 is 1.79 bits per heavy atom. The molecule has 5 nitrogen and oxygen atoms in total. The van der Waals surface area contributed by atoms with Gasteiger partial charge in [-0.1, -0.05) is 13.8 Å². The van der Waals surface area contributed by atoms with E-state index in [0.717, 1.165) is 0 Å². The number of hydrogen-bond donors (Lipinski definition) is 1. The highest BCUT2D eigenvalue weighted by molar-refractivity contribution is 6.12. The fraction of sp³-hybridized carbons (Fsp3) is 0.444. The van der Waals surface area contributed by atoms with Crippen molar-refractivity contribution in [1.82, 2.24) is 4.90 Å². The average Bonchev–Trinajstić information content (AvgIpc) is 2.50. The minimum absolute atomic E-state index is 0. The minimum Gasteiger partial charge on any atom is -0.372 e. The van der Waals surface area contributed by atoms with Crippen LogP contribution in [0.25, 0.3) is 0 Å². The number of nitrogens with zero attached hydrogens (tertiary/aromatic N) is 1. The fourth-order valence-electron chi connectivity index (χ4n) is 0.743. The maximum atomic E-state index is 10.6. The molecule has 2 N–H and O–H groups in total. The summed E-state index contributed by atoms with van der Waals surface area (Å²) in [5.41, 5.74) is 4.17. The van der Waals surface area contributed by atoms with Gasteiger partial charge in [0, 0.05) is 20.1 Å². The first kappa shape index (κ1) is 14.9. The molecule has 0 aromatic heterocycles. The third-order valence-corrected chi connectivity index (χ3v) is 1.22. The topological polar surface area (TPSA) is 80.5 Å². The van der Waals surface area contributed by atoms with E-state index in [0.29, 0.717) is 6.54 Å². The molecule has 1 rings (SSSR count). The monoisotopic (exact) mass is 202 g/mol. The molecule has 0 saturated heterocycles. The SMILES string of the molecule is CC.CCN1C(=O)C=CC1=O.NC=O.[HH]. The third-order valence-electron chi connectivity index (χ3n) is 1.22. The Labute approximate surface area is 85.0 Å². The number of nitrogens with two attached hydrogens (primary N) is 1. The van der Waals surface area contributed by atoms with E-state index in [-0.39, 0.29) is 19.7 Å². The summed E-state index contributed by atoms with van der Waals surface area (Å²) in [4.78, 5) is 31.0. The Hall–Kier alpha value is -1.65. The van der Waals surface area contributed by atoms with E-state index < -0.39 is 0 Å². The van der Waals surface area contributed by atoms with E-state index in [4.69, 9.17) is 4.79 Å². The van der Waals surface area contributed by atoms with Crippen LogP contribution >= 0.6 is 0 Å². The number of imide groups is 1. The summed E-state index contributed by atoms with van der Waals surface area (Å²) in [6.07, 6.45) is 2.82. The molecule has 1 aliphatic heterocycles. The first-order chi connectivity index (χ1) is 6.67. The Morgan fingerprint density at radius 2 is 1.64 bits per heavy atom. The molecule has 14 heavy (non-hydrogen) atoms. The molecule has 0 saturated carbocycles. The van der Waals surface area contributed by atoms with Crippen LogP contribution in [0.15, 0.2) is 12.2 Å². The van der Waals surface area contributed by atoms with E-state index in [2.05, 4.69) is 5.73 Å². The predicted molar refractivity (Wildman–Crippen MR) is 55.2 cm³/mol. The number of hydrogen-bond acceptors (Lipinski definition) is 3. The van der Waals surface area contributed by atoms with Gasteiger partial charge in [0.25, 0.3) is 11.8 Å². The van der Waals surface area contributed by atoms with E-state index in [9.17, 15) is 9.59 Å². The van der Waals surface area contributed by atoms with Crippen LogP contribution < -0.4 is 5.73 Å². The highest BCUT2D eigenvalue weighted by atomic mass is 16.2.